The second-order valence-corrected chi connectivity index (χ2v) is 5.82. The lowest BCUT2D eigenvalue weighted by Gasteiger charge is -2.08. The molecule has 0 spiro atoms. The number of pyridine rings is 1. The van der Waals surface area contributed by atoms with E-state index in [0.29, 0.717) is 18.8 Å². The van der Waals surface area contributed by atoms with E-state index in [-0.39, 0.29) is 11.7 Å². The molecule has 3 N–H and O–H groups in total. The van der Waals surface area contributed by atoms with E-state index in [1.54, 1.807) is 32.2 Å². The normalized spacial score (nSPS) is 10.7. The van der Waals surface area contributed by atoms with Crippen molar-refractivity contribution < 1.29 is 14.3 Å². The topological polar surface area (TPSA) is 87.4 Å². The number of aliphatic hydroxyl groups is 1. The second kappa shape index (κ2) is 7.66. The van der Waals surface area contributed by atoms with Crippen molar-refractivity contribution in [1.29, 1.82) is 0 Å². The van der Waals surface area contributed by atoms with E-state index < -0.39 is 5.60 Å². The van der Waals surface area contributed by atoms with Gasteiger partial charge in [0.05, 0.1) is 0 Å². The first-order chi connectivity index (χ1) is 11.3. The van der Waals surface area contributed by atoms with Crippen molar-refractivity contribution in [3.8, 4) is 11.8 Å². The predicted octanol–water partition coefficient (Wildman–Crippen LogP) is 1.95. The van der Waals surface area contributed by atoms with Crippen LogP contribution in [0.1, 0.15) is 35.7 Å². The van der Waals surface area contributed by atoms with Crippen molar-refractivity contribution in [1.82, 2.24) is 10.3 Å². The Labute approximate surface area is 141 Å². The molecule has 0 aliphatic rings. The molecule has 0 aromatic carbocycles. The van der Waals surface area contributed by atoms with Gasteiger partial charge in [0.2, 0.25) is 0 Å². The van der Waals surface area contributed by atoms with Crippen molar-refractivity contribution in [2.24, 2.45) is 0 Å². The van der Waals surface area contributed by atoms with Gasteiger partial charge in [0.25, 0.3) is 5.91 Å². The Morgan fingerprint density at radius 2 is 2.12 bits per heavy atom. The Morgan fingerprint density at radius 3 is 2.83 bits per heavy atom. The molecular weight excluding hydrogens is 306 g/mol. The van der Waals surface area contributed by atoms with Crippen LogP contribution >= 0.6 is 0 Å². The Balaban J connectivity index is 1.82. The summed E-state index contributed by atoms with van der Waals surface area (Å²) in [5.41, 5.74) is -0.0605. The van der Waals surface area contributed by atoms with Gasteiger partial charge in [-0.25, -0.2) is 4.98 Å². The number of carbonyl (C=O) groups is 1. The summed E-state index contributed by atoms with van der Waals surface area (Å²) in [5.74, 6) is 6.32. The monoisotopic (exact) mass is 327 g/mol. The molecular formula is C18H21N3O3. The first kappa shape index (κ1) is 17.6. The van der Waals surface area contributed by atoms with Crippen LogP contribution in [0.5, 0.6) is 0 Å². The summed E-state index contributed by atoms with van der Waals surface area (Å²) in [4.78, 5) is 16.2. The highest BCUT2D eigenvalue weighted by molar-refractivity contribution is 5.91. The van der Waals surface area contributed by atoms with Crippen molar-refractivity contribution in [2.45, 2.75) is 26.4 Å². The summed E-state index contributed by atoms with van der Waals surface area (Å²) in [6.07, 6.45) is 1.72. The van der Waals surface area contributed by atoms with Gasteiger partial charge in [-0.3, -0.25) is 4.79 Å². The quantitative estimate of drug-likeness (QED) is 0.577. The molecule has 0 bridgehead atoms. The molecule has 2 aromatic rings. The van der Waals surface area contributed by atoms with Crippen LogP contribution in [0, 0.1) is 18.8 Å². The maximum atomic E-state index is 12.0. The minimum atomic E-state index is -1.11. The number of nitrogens with one attached hydrogen (secondary N) is 2. The van der Waals surface area contributed by atoms with Crippen LogP contribution in [-0.4, -0.2) is 34.7 Å². The van der Waals surface area contributed by atoms with Gasteiger partial charge in [-0.05, 0) is 50.5 Å². The number of hydrogen-bond donors (Lipinski definition) is 3. The lowest BCUT2D eigenvalue weighted by Crippen LogP contribution is -2.28. The Kier molecular flexibility index (Phi) is 5.61. The molecule has 0 unspecified atom stereocenters. The predicted molar refractivity (Wildman–Crippen MR) is 91.7 cm³/mol. The van der Waals surface area contributed by atoms with Gasteiger partial charge in [-0.15, -0.1) is 0 Å². The second-order valence-electron chi connectivity index (χ2n) is 5.82. The summed E-state index contributed by atoms with van der Waals surface area (Å²) >= 11 is 0. The molecule has 0 atom stereocenters. The third-order valence-corrected chi connectivity index (χ3v) is 3.03. The molecule has 6 nitrogen and oxygen atoms in total. The molecule has 24 heavy (non-hydrogen) atoms. The minimum absolute atomic E-state index is 0.184. The van der Waals surface area contributed by atoms with Crippen LogP contribution in [0.25, 0.3) is 0 Å². The first-order valence-corrected chi connectivity index (χ1v) is 7.64. The number of hydrogen-bond acceptors (Lipinski definition) is 5. The third kappa shape index (κ3) is 5.45. The first-order valence-electron chi connectivity index (χ1n) is 7.64. The number of aryl methyl sites for hydroxylation is 1. The van der Waals surface area contributed by atoms with Crippen LogP contribution in [0.2, 0.25) is 0 Å². The zero-order valence-corrected chi connectivity index (χ0v) is 14.0. The molecule has 2 heterocycles. The fraction of sp³-hybridized carbons (Fsp3) is 0.333. The van der Waals surface area contributed by atoms with Gasteiger partial charge in [0.15, 0.2) is 11.5 Å². The van der Waals surface area contributed by atoms with Crippen LogP contribution in [-0.2, 0) is 0 Å². The summed E-state index contributed by atoms with van der Waals surface area (Å²) in [5, 5.41) is 15.5. The van der Waals surface area contributed by atoms with Gasteiger partial charge in [0, 0.05) is 19.3 Å². The molecule has 0 fully saturated rings. The number of rotatable bonds is 5. The van der Waals surface area contributed by atoms with Gasteiger partial charge in [-0.2, -0.15) is 0 Å². The molecule has 2 aromatic heterocycles. The molecule has 0 saturated carbocycles. The van der Waals surface area contributed by atoms with Crippen molar-refractivity contribution >= 4 is 11.7 Å². The number of nitrogens with zero attached hydrogens (tertiary/aromatic N) is 1. The molecule has 6 heteroatoms. The maximum absolute atomic E-state index is 12.0. The van der Waals surface area contributed by atoms with E-state index in [9.17, 15) is 9.90 Å². The highest BCUT2D eigenvalue weighted by Crippen LogP contribution is 2.09. The summed E-state index contributed by atoms with van der Waals surface area (Å²) < 4.78 is 5.35. The molecule has 0 radical (unpaired) electrons. The fourth-order valence-corrected chi connectivity index (χ4v) is 1.86. The van der Waals surface area contributed by atoms with Gasteiger partial charge in [0.1, 0.15) is 11.4 Å². The highest BCUT2D eigenvalue weighted by Gasteiger charge is 2.11. The molecule has 0 aliphatic carbocycles. The van der Waals surface area contributed by atoms with Crippen molar-refractivity contribution in [3.05, 3.63) is 47.5 Å². The number of furan rings is 1. The lowest BCUT2D eigenvalue weighted by molar-refractivity contribution is 0.0927. The summed E-state index contributed by atoms with van der Waals surface area (Å²) in [7, 11) is 0. The molecule has 2 rings (SSSR count). The van der Waals surface area contributed by atoms with E-state index in [0.717, 1.165) is 11.4 Å². The zero-order valence-electron chi connectivity index (χ0n) is 14.0. The Bertz CT molecular complexity index is 764. The van der Waals surface area contributed by atoms with Gasteiger partial charge >= 0.3 is 0 Å². The maximum Gasteiger partial charge on any atom is 0.287 e. The number of amides is 1. The number of anilines is 1. The molecule has 1 amide bonds. The molecule has 0 saturated heterocycles. The van der Waals surface area contributed by atoms with Crippen LogP contribution in [0.3, 0.4) is 0 Å². The van der Waals surface area contributed by atoms with Crippen LogP contribution in [0.4, 0.5) is 5.82 Å². The lowest BCUT2D eigenvalue weighted by atomic mass is 10.1. The third-order valence-electron chi connectivity index (χ3n) is 3.03. The summed E-state index contributed by atoms with van der Waals surface area (Å²) in [6.45, 7) is 6.10. The largest absolute Gasteiger partial charge is 0.443 e. The average molecular weight is 327 g/mol. The standard InChI is InChI=1S/C18H21N3O3/c1-13-5-4-10-19-16(13)20-11-12-21-17(22)15-7-6-14(24-15)8-9-18(2,3)23/h4-7,10,23H,11-12H2,1-3H3,(H,19,20)(H,21,22). The van der Waals surface area contributed by atoms with Gasteiger partial charge in [-0.1, -0.05) is 12.0 Å². The Hall–Kier alpha value is -2.78. The Morgan fingerprint density at radius 1 is 1.33 bits per heavy atom. The van der Waals surface area contributed by atoms with Crippen molar-refractivity contribution in [3.63, 3.8) is 0 Å². The number of aromatic nitrogens is 1. The van der Waals surface area contributed by atoms with Crippen LogP contribution in [0.15, 0.2) is 34.9 Å². The smallest absolute Gasteiger partial charge is 0.287 e. The van der Waals surface area contributed by atoms with Gasteiger partial charge < -0.3 is 20.2 Å². The fourth-order valence-electron chi connectivity index (χ4n) is 1.86. The zero-order chi connectivity index (χ0) is 17.6. The number of carbonyl (C=O) groups excluding carboxylic acids is 1. The van der Waals surface area contributed by atoms with E-state index in [1.807, 2.05) is 19.1 Å². The van der Waals surface area contributed by atoms with E-state index in [4.69, 9.17) is 4.42 Å². The minimum Gasteiger partial charge on any atom is -0.443 e. The average Bonchev–Trinajstić information content (AvgIpc) is 2.99. The van der Waals surface area contributed by atoms with E-state index in [2.05, 4.69) is 27.5 Å². The SMILES string of the molecule is Cc1cccnc1NCCNC(=O)c1ccc(C#CC(C)(C)O)o1. The van der Waals surface area contributed by atoms with Crippen molar-refractivity contribution in [2.75, 3.05) is 18.4 Å². The molecule has 126 valence electrons. The summed E-state index contributed by atoms with van der Waals surface area (Å²) in [6, 6.07) is 6.99. The van der Waals surface area contributed by atoms with E-state index >= 15 is 0 Å². The molecule has 0 aliphatic heterocycles. The highest BCUT2D eigenvalue weighted by atomic mass is 16.3. The van der Waals surface area contributed by atoms with Crippen LogP contribution < -0.4 is 10.6 Å². The van der Waals surface area contributed by atoms with E-state index in [1.165, 1.54) is 0 Å².